The van der Waals surface area contributed by atoms with Crippen molar-refractivity contribution in [3.8, 4) is 0 Å². The van der Waals surface area contributed by atoms with Gasteiger partial charge >= 0.3 is 6.18 Å². The zero-order chi connectivity index (χ0) is 26.1. The van der Waals surface area contributed by atoms with E-state index in [0.29, 0.717) is 44.2 Å². The summed E-state index contributed by atoms with van der Waals surface area (Å²) in [5.74, 6) is -1.71. The lowest BCUT2D eigenvalue weighted by Crippen LogP contribution is -2.31. The molecule has 0 unspecified atom stereocenters. The molecule has 3 heterocycles. The topological polar surface area (TPSA) is 78.4 Å². The highest BCUT2D eigenvalue weighted by atomic mass is 35.5. The van der Waals surface area contributed by atoms with Crippen LogP contribution in [0.4, 0.5) is 39.3 Å². The van der Waals surface area contributed by atoms with Crippen LogP contribution in [0.2, 0.25) is 5.02 Å². The predicted octanol–water partition coefficient (Wildman–Crippen LogP) is 4.94. The molecule has 0 amide bonds. The number of hydrogen-bond donors (Lipinski definition) is 1. The monoisotopic (exact) mass is 547 g/mol. The van der Waals surface area contributed by atoms with Gasteiger partial charge in [0.1, 0.15) is 23.3 Å². The maximum atomic E-state index is 13.9. The minimum Gasteiger partial charge on any atom is -0.355 e. The number of pyridine rings is 2. The molecule has 3 aromatic rings. The first-order valence-corrected chi connectivity index (χ1v) is 12.5. The molecule has 0 spiro atoms. The van der Waals surface area contributed by atoms with Gasteiger partial charge in [-0.25, -0.2) is 27.2 Å². The molecular weight excluding hydrogens is 529 g/mol. The van der Waals surface area contributed by atoms with Crippen LogP contribution in [0.25, 0.3) is 0 Å². The molecule has 4 rings (SSSR count). The van der Waals surface area contributed by atoms with Crippen molar-refractivity contribution < 1.29 is 30.4 Å². The van der Waals surface area contributed by atoms with Gasteiger partial charge in [0, 0.05) is 32.4 Å². The van der Waals surface area contributed by atoms with E-state index >= 15 is 0 Å². The Kier molecular flexibility index (Phi) is 7.23. The minimum atomic E-state index is -4.58. The van der Waals surface area contributed by atoms with E-state index in [4.69, 9.17) is 11.6 Å². The SMILES string of the molecule is O=S(=O)(Nc1cnc(N2CCCN(c3ccc(C(F)(F)F)cn3)CC2)c(Cl)c1)c1c(F)cccc1F. The molecule has 7 nitrogen and oxygen atoms in total. The van der Waals surface area contributed by atoms with E-state index in [1.54, 1.807) is 0 Å². The van der Waals surface area contributed by atoms with Crippen molar-refractivity contribution in [2.45, 2.75) is 17.5 Å². The minimum absolute atomic E-state index is 0.0863. The first-order valence-electron chi connectivity index (χ1n) is 10.6. The lowest BCUT2D eigenvalue weighted by Gasteiger charge is -2.24. The third-order valence-electron chi connectivity index (χ3n) is 5.46. The van der Waals surface area contributed by atoms with Crippen molar-refractivity contribution in [3.05, 3.63) is 71.0 Å². The van der Waals surface area contributed by atoms with Crippen LogP contribution in [0.5, 0.6) is 0 Å². The molecule has 1 aliphatic heterocycles. The lowest BCUT2D eigenvalue weighted by molar-refractivity contribution is -0.137. The molecule has 0 aliphatic carbocycles. The molecule has 0 bridgehead atoms. The van der Waals surface area contributed by atoms with Gasteiger partial charge in [-0.15, -0.1) is 0 Å². The third-order valence-corrected chi connectivity index (χ3v) is 7.17. The molecule has 0 atom stereocenters. The summed E-state index contributed by atoms with van der Waals surface area (Å²) in [5.41, 5.74) is -0.913. The summed E-state index contributed by atoms with van der Waals surface area (Å²) in [7, 11) is -4.58. The number of benzene rings is 1. The van der Waals surface area contributed by atoms with Gasteiger partial charge in [0.05, 0.1) is 22.5 Å². The van der Waals surface area contributed by atoms with E-state index < -0.39 is 38.3 Å². The van der Waals surface area contributed by atoms with Crippen molar-refractivity contribution in [1.29, 1.82) is 0 Å². The Bertz CT molecular complexity index is 1340. The summed E-state index contributed by atoms with van der Waals surface area (Å²) in [5, 5.41) is 0.102. The molecule has 192 valence electrons. The number of nitrogens with zero attached hydrogens (tertiary/aromatic N) is 4. The van der Waals surface area contributed by atoms with E-state index in [2.05, 4.69) is 14.7 Å². The van der Waals surface area contributed by atoms with Crippen LogP contribution in [0.3, 0.4) is 0 Å². The van der Waals surface area contributed by atoms with Gasteiger partial charge in [0.2, 0.25) is 0 Å². The van der Waals surface area contributed by atoms with Gasteiger partial charge in [-0.3, -0.25) is 4.72 Å². The Morgan fingerprint density at radius 2 is 1.58 bits per heavy atom. The fourth-order valence-corrected chi connectivity index (χ4v) is 5.22. The number of halogens is 6. The molecule has 2 aromatic heterocycles. The van der Waals surface area contributed by atoms with Crippen LogP contribution in [-0.2, 0) is 16.2 Å². The van der Waals surface area contributed by atoms with E-state index in [-0.39, 0.29) is 10.7 Å². The van der Waals surface area contributed by atoms with E-state index in [9.17, 15) is 30.4 Å². The van der Waals surface area contributed by atoms with E-state index in [1.165, 1.54) is 18.3 Å². The molecule has 36 heavy (non-hydrogen) atoms. The standard InChI is InChI=1S/C22H19ClF5N5O2S/c23-16-11-15(31-36(34,35)20-17(24)3-1-4-18(20)25)13-30-21(16)33-8-2-7-32(9-10-33)19-6-5-14(12-29-19)22(26,27)28/h1,3-6,11-13,31H,2,7-10H2. The number of anilines is 3. The number of hydrogen-bond acceptors (Lipinski definition) is 6. The molecule has 1 aliphatic rings. The maximum absolute atomic E-state index is 13.9. The number of alkyl halides is 3. The second kappa shape index (κ2) is 10.1. The Hall–Kier alpha value is -3.19. The molecule has 0 saturated carbocycles. The van der Waals surface area contributed by atoms with Crippen LogP contribution < -0.4 is 14.5 Å². The number of aromatic nitrogens is 2. The third kappa shape index (κ3) is 5.62. The van der Waals surface area contributed by atoms with Crippen molar-refractivity contribution in [2.75, 3.05) is 40.7 Å². The summed E-state index contributed by atoms with van der Waals surface area (Å²) in [6, 6.07) is 6.29. The molecule has 14 heteroatoms. The fraction of sp³-hybridized carbons (Fsp3) is 0.273. The molecule has 1 N–H and O–H groups in total. The van der Waals surface area contributed by atoms with Crippen LogP contribution in [0.1, 0.15) is 12.0 Å². The van der Waals surface area contributed by atoms with Crippen LogP contribution in [0, 0.1) is 11.6 Å². The Labute approximate surface area is 208 Å². The second-order valence-electron chi connectivity index (χ2n) is 7.92. The number of sulfonamides is 1. The van der Waals surface area contributed by atoms with Crippen molar-refractivity contribution in [3.63, 3.8) is 0 Å². The number of rotatable bonds is 5. The fourth-order valence-electron chi connectivity index (χ4n) is 3.76. The largest absolute Gasteiger partial charge is 0.417 e. The quantitative estimate of drug-likeness (QED) is 0.456. The Morgan fingerprint density at radius 3 is 2.19 bits per heavy atom. The van der Waals surface area contributed by atoms with Crippen LogP contribution in [0.15, 0.2) is 53.7 Å². The zero-order valence-electron chi connectivity index (χ0n) is 18.4. The van der Waals surface area contributed by atoms with Gasteiger partial charge in [-0.2, -0.15) is 13.2 Å². The van der Waals surface area contributed by atoms with Gasteiger partial charge in [0.25, 0.3) is 10.0 Å². The average Bonchev–Trinajstić information content (AvgIpc) is 3.04. The van der Waals surface area contributed by atoms with E-state index in [0.717, 1.165) is 30.5 Å². The van der Waals surface area contributed by atoms with E-state index in [1.807, 2.05) is 9.80 Å². The zero-order valence-corrected chi connectivity index (χ0v) is 20.0. The highest BCUT2D eigenvalue weighted by Crippen LogP contribution is 2.31. The first-order chi connectivity index (χ1) is 17.0. The lowest BCUT2D eigenvalue weighted by atomic mass is 10.2. The second-order valence-corrected chi connectivity index (χ2v) is 9.94. The predicted molar refractivity (Wildman–Crippen MR) is 125 cm³/mol. The summed E-state index contributed by atoms with van der Waals surface area (Å²) >= 11 is 6.35. The summed E-state index contributed by atoms with van der Waals surface area (Å²) in [4.78, 5) is 10.7. The first kappa shape index (κ1) is 25.9. The highest BCUT2D eigenvalue weighted by Gasteiger charge is 2.31. The van der Waals surface area contributed by atoms with Gasteiger partial charge < -0.3 is 9.80 Å². The Balaban J connectivity index is 1.46. The molecular formula is C22H19ClF5N5O2S. The summed E-state index contributed by atoms with van der Waals surface area (Å²) in [6.07, 6.45) is -1.87. The normalized spacial score (nSPS) is 15.1. The summed E-state index contributed by atoms with van der Waals surface area (Å²) < 4.78 is 93.3. The van der Waals surface area contributed by atoms with Crippen molar-refractivity contribution in [1.82, 2.24) is 9.97 Å². The highest BCUT2D eigenvalue weighted by molar-refractivity contribution is 7.92. The molecule has 1 fully saturated rings. The van der Waals surface area contributed by atoms with Crippen LogP contribution >= 0.6 is 11.6 Å². The molecule has 1 aromatic carbocycles. The number of nitrogens with one attached hydrogen (secondary N) is 1. The van der Waals surface area contributed by atoms with Gasteiger partial charge in [-0.1, -0.05) is 17.7 Å². The van der Waals surface area contributed by atoms with Crippen molar-refractivity contribution in [2.24, 2.45) is 0 Å². The smallest absolute Gasteiger partial charge is 0.355 e. The Morgan fingerprint density at radius 1 is 0.917 bits per heavy atom. The maximum Gasteiger partial charge on any atom is 0.417 e. The van der Waals surface area contributed by atoms with Crippen molar-refractivity contribution >= 4 is 38.9 Å². The van der Waals surface area contributed by atoms with Gasteiger partial charge in [0.15, 0.2) is 4.90 Å². The van der Waals surface area contributed by atoms with Gasteiger partial charge in [-0.05, 0) is 36.8 Å². The molecule has 0 radical (unpaired) electrons. The van der Waals surface area contributed by atoms with Crippen LogP contribution in [-0.4, -0.2) is 44.6 Å². The summed E-state index contributed by atoms with van der Waals surface area (Å²) in [6.45, 7) is 1.91. The average molecular weight is 548 g/mol. The molecule has 1 saturated heterocycles.